The summed E-state index contributed by atoms with van der Waals surface area (Å²) in [5.74, 6) is 0.449. The Morgan fingerprint density at radius 2 is 1.82 bits per heavy atom. The number of rotatable bonds is 6. The third kappa shape index (κ3) is 4.61. The number of benzene rings is 1. The molecule has 1 saturated carbocycles. The SMILES string of the molecule is CC(C)n1ncc2c(C(=O)N3CCN(CC(=O)Nc4ccccc4)CC3)cc(C3CC3)nc21. The Hall–Kier alpha value is -3.26. The summed E-state index contributed by atoms with van der Waals surface area (Å²) in [5, 5.41) is 8.26. The highest BCUT2D eigenvalue weighted by Crippen LogP contribution is 2.40. The molecule has 1 saturated heterocycles. The molecule has 33 heavy (non-hydrogen) atoms. The molecule has 2 amide bonds. The molecule has 0 bridgehead atoms. The van der Waals surface area contributed by atoms with Crippen LogP contribution in [0.3, 0.4) is 0 Å². The van der Waals surface area contributed by atoms with Gasteiger partial charge in [-0.15, -0.1) is 0 Å². The lowest BCUT2D eigenvalue weighted by Gasteiger charge is -2.34. The minimum atomic E-state index is -0.0352. The van der Waals surface area contributed by atoms with Crippen molar-refractivity contribution >= 4 is 28.5 Å². The van der Waals surface area contributed by atoms with Crippen LogP contribution in [0.5, 0.6) is 0 Å². The second-order valence-corrected chi connectivity index (χ2v) is 9.27. The summed E-state index contributed by atoms with van der Waals surface area (Å²) in [6, 6.07) is 11.6. The molecule has 2 aromatic heterocycles. The van der Waals surface area contributed by atoms with Crippen LogP contribution in [0, 0.1) is 0 Å². The molecule has 1 aromatic carbocycles. The number of amides is 2. The number of carbonyl (C=O) groups is 2. The molecule has 0 spiro atoms. The van der Waals surface area contributed by atoms with Gasteiger partial charge in [-0.25, -0.2) is 9.67 Å². The fourth-order valence-electron chi connectivity index (χ4n) is 4.39. The summed E-state index contributed by atoms with van der Waals surface area (Å²) in [6.07, 6.45) is 4.04. The predicted octanol–water partition coefficient (Wildman–Crippen LogP) is 3.29. The van der Waals surface area contributed by atoms with Crippen molar-refractivity contribution in [1.82, 2.24) is 24.6 Å². The van der Waals surface area contributed by atoms with E-state index < -0.39 is 0 Å². The number of nitrogens with one attached hydrogen (secondary N) is 1. The standard InChI is InChI=1S/C25H30N6O2/c1-17(2)31-24-21(15-26-31)20(14-22(28-24)18-8-9-18)25(33)30-12-10-29(11-13-30)16-23(32)27-19-6-4-3-5-7-19/h3-7,14-15,17-18H,8-13,16H2,1-2H3,(H,27,32). The number of hydrogen-bond acceptors (Lipinski definition) is 5. The smallest absolute Gasteiger partial charge is 0.254 e. The first kappa shape index (κ1) is 21.6. The molecule has 3 aromatic rings. The van der Waals surface area contributed by atoms with Crippen LogP contribution in [0.2, 0.25) is 0 Å². The zero-order chi connectivity index (χ0) is 22.9. The van der Waals surface area contributed by atoms with Crippen LogP contribution in [-0.4, -0.2) is 69.1 Å². The van der Waals surface area contributed by atoms with E-state index in [1.165, 1.54) is 0 Å². The second kappa shape index (κ2) is 8.94. The zero-order valence-electron chi connectivity index (χ0n) is 19.2. The quantitative estimate of drug-likeness (QED) is 0.628. The van der Waals surface area contributed by atoms with Gasteiger partial charge < -0.3 is 10.2 Å². The van der Waals surface area contributed by atoms with E-state index in [-0.39, 0.29) is 17.9 Å². The summed E-state index contributed by atoms with van der Waals surface area (Å²) >= 11 is 0. The second-order valence-electron chi connectivity index (χ2n) is 9.27. The van der Waals surface area contributed by atoms with E-state index in [1.807, 2.05) is 46.0 Å². The number of pyridine rings is 1. The third-order valence-corrected chi connectivity index (χ3v) is 6.39. The van der Waals surface area contributed by atoms with Crippen LogP contribution >= 0.6 is 0 Å². The number of carbonyl (C=O) groups excluding carboxylic acids is 2. The minimum absolute atomic E-state index is 0.0287. The van der Waals surface area contributed by atoms with Gasteiger partial charge in [-0.3, -0.25) is 14.5 Å². The van der Waals surface area contributed by atoms with Crippen LogP contribution in [-0.2, 0) is 4.79 Å². The Morgan fingerprint density at radius 3 is 2.48 bits per heavy atom. The summed E-state index contributed by atoms with van der Waals surface area (Å²) in [4.78, 5) is 34.7. The Balaban J connectivity index is 1.27. The number of fused-ring (bicyclic) bond motifs is 1. The van der Waals surface area contributed by atoms with Crippen molar-refractivity contribution in [2.45, 2.75) is 38.6 Å². The highest BCUT2D eigenvalue weighted by atomic mass is 16.2. The summed E-state index contributed by atoms with van der Waals surface area (Å²) < 4.78 is 1.90. The van der Waals surface area contributed by atoms with E-state index in [1.54, 1.807) is 6.20 Å². The molecule has 0 radical (unpaired) electrons. The van der Waals surface area contributed by atoms with Gasteiger partial charge in [0.25, 0.3) is 5.91 Å². The van der Waals surface area contributed by atoms with Crippen molar-refractivity contribution in [3.8, 4) is 0 Å². The van der Waals surface area contributed by atoms with Gasteiger partial charge in [0, 0.05) is 49.5 Å². The van der Waals surface area contributed by atoms with Gasteiger partial charge in [-0.2, -0.15) is 5.10 Å². The van der Waals surface area contributed by atoms with Crippen LogP contribution in [0.25, 0.3) is 11.0 Å². The van der Waals surface area contributed by atoms with Gasteiger partial charge >= 0.3 is 0 Å². The topological polar surface area (TPSA) is 83.4 Å². The molecular formula is C25H30N6O2. The highest BCUT2D eigenvalue weighted by Gasteiger charge is 2.30. The van der Waals surface area contributed by atoms with E-state index in [9.17, 15) is 9.59 Å². The van der Waals surface area contributed by atoms with Crippen molar-refractivity contribution in [1.29, 1.82) is 0 Å². The maximum atomic E-state index is 13.5. The zero-order valence-corrected chi connectivity index (χ0v) is 19.2. The molecule has 1 aliphatic heterocycles. The van der Waals surface area contributed by atoms with E-state index >= 15 is 0 Å². The Morgan fingerprint density at radius 1 is 1.09 bits per heavy atom. The summed E-state index contributed by atoms with van der Waals surface area (Å²) in [6.45, 7) is 7.01. The van der Waals surface area contributed by atoms with Crippen molar-refractivity contribution < 1.29 is 9.59 Å². The monoisotopic (exact) mass is 446 g/mol. The molecule has 2 aliphatic rings. The largest absolute Gasteiger partial charge is 0.336 e. The van der Waals surface area contributed by atoms with E-state index in [4.69, 9.17) is 4.98 Å². The number of hydrogen-bond donors (Lipinski definition) is 1. The first-order valence-corrected chi connectivity index (χ1v) is 11.7. The molecule has 8 nitrogen and oxygen atoms in total. The molecule has 1 N–H and O–H groups in total. The van der Waals surface area contributed by atoms with Gasteiger partial charge in [-0.1, -0.05) is 18.2 Å². The number of aromatic nitrogens is 3. The Labute approximate surface area is 193 Å². The van der Waals surface area contributed by atoms with Crippen molar-refractivity contribution in [3.05, 3.63) is 53.9 Å². The molecule has 0 atom stereocenters. The van der Waals surface area contributed by atoms with Gasteiger partial charge in [0.1, 0.15) is 0 Å². The summed E-state index contributed by atoms with van der Waals surface area (Å²) in [5.41, 5.74) is 3.30. The van der Waals surface area contributed by atoms with Crippen LogP contribution in [0.1, 0.15) is 54.7 Å². The molecular weight excluding hydrogens is 416 g/mol. The van der Waals surface area contributed by atoms with Gasteiger partial charge in [-0.05, 0) is 44.9 Å². The fraction of sp³-hybridized carbons (Fsp3) is 0.440. The highest BCUT2D eigenvalue weighted by molar-refractivity contribution is 6.05. The van der Waals surface area contributed by atoms with Crippen LogP contribution in [0.4, 0.5) is 5.69 Å². The lowest BCUT2D eigenvalue weighted by Crippen LogP contribution is -2.50. The third-order valence-electron chi connectivity index (χ3n) is 6.39. The first-order valence-electron chi connectivity index (χ1n) is 11.7. The average molecular weight is 447 g/mol. The van der Waals surface area contributed by atoms with Gasteiger partial charge in [0.15, 0.2) is 5.65 Å². The first-order chi connectivity index (χ1) is 16.0. The normalized spacial score (nSPS) is 17.0. The van der Waals surface area contributed by atoms with E-state index in [0.29, 0.717) is 44.2 Å². The maximum absolute atomic E-state index is 13.5. The fourth-order valence-corrected chi connectivity index (χ4v) is 4.39. The van der Waals surface area contributed by atoms with Crippen molar-refractivity contribution in [2.75, 3.05) is 38.0 Å². The average Bonchev–Trinajstić information content (AvgIpc) is 3.57. The van der Waals surface area contributed by atoms with Crippen molar-refractivity contribution in [3.63, 3.8) is 0 Å². The van der Waals surface area contributed by atoms with Crippen LogP contribution in [0.15, 0.2) is 42.6 Å². The summed E-state index contributed by atoms with van der Waals surface area (Å²) in [7, 11) is 0. The predicted molar refractivity (Wildman–Crippen MR) is 127 cm³/mol. The molecule has 172 valence electrons. The molecule has 3 heterocycles. The molecule has 5 rings (SSSR count). The van der Waals surface area contributed by atoms with Gasteiger partial charge in [0.2, 0.25) is 5.91 Å². The molecule has 0 unspecified atom stereocenters. The lowest BCUT2D eigenvalue weighted by molar-refractivity contribution is -0.117. The number of anilines is 1. The maximum Gasteiger partial charge on any atom is 0.254 e. The molecule has 8 heteroatoms. The molecule has 1 aliphatic carbocycles. The molecule has 2 fully saturated rings. The van der Waals surface area contributed by atoms with Crippen molar-refractivity contribution in [2.24, 2.45) is 0 Å². The Bertz CT molecular complexity index is 1160. The lowest BCUT2D eigenvalue weighted by atomic mass is 10.1. The van der Waals surface area contributed by atoms with E-state index in [0.717, 1.165) is 35.3 Å². The number of para-hydroxylation sites is 1. The number of nitrogens with zero attached hydrogens (tertiary/aromatic N) is 5. The number of piperazine rings is 1. The minimum Gasteiger partial charge on any atom is -0.336 e. The van der Waals surface area contributed by atoms with Crippen LogP contribution < -0.4 is 5.32 Å². The van der Waals surface area contributed by atoms with E-state index in [2.05, 4.69) is 29.2 Å². The Kier molecular flexibility index (Phi) is 5.85. The van der Waals surface area contributed by atoms with Gasteiger partial charge in [0.05, 0.1) is 23.7 Å².